The number of nitro groups is 2. The summed E-state index contributed by atoms with van der Waals surface area (Å²) in [6.45, 7) is 1.69. The fraction of sp³-hybridized carbons (Fsp3) is 0.364. The molecule has 1 rings (SSSR count). The number of hydrogen-bond donors (Lipinski definition) is 1. The molecule has 1 N–H and O–H groups in total. The summed E-state index contributed by atoms with van der Waals surface area (Å²) in [4.78, 5) is 31.1. The van der Waals surface area contributed by atoms with Crippen LogP contribution in [0.25, 0.3) is 0 Å². The third-order valence-corrected chi connectivity index (χ3v) is 3.73. The molecule has 10 nitrogen and oxygen atoms in total. The minimum absolute atomic E-state index is 0.0160. The summed E-state index contributed by atoms with van der Waals surface area (Å²) in [6, 6.07) is 1.37. The van der Waals surface area contributed by atoms with Crippen molar-refractivity contribution in [2.75, 3.05) is 11.6 Å². The molecular weight excluding hydrogens is 318 g/mol. The van der Waals surface area contributed by atoms with Gasteiger partial charge in [-0.2, -0.15) is 0 Å². The van der Waals surface area contributed by atoms with Gasteiger partial charge in [-0.1, -0.05) is 6.92 Å². The van der Waals surface area contributed by atoms with Gasteiger partial charge in [-0.05, 0) is 6.42 Å². The summed E-state index contributed by atoms with van der Waals surface area (Å²) in [5.74, 6) is -0.638. The molecule has 0 radical (unpaired) electrons. The topological polar surface area (TPSA) is 150 Å². The van der Waals surface area contributed by atoms with Crippen LogP contribution in [-0.4, -0.2) is 30.4 Å². The highest BCUT2D eigenvalue weighted by Crippen LogP contribution is 2.37. The third-order valence-electron chi connectivity index (χ3n) is 2.63. The Kier molecular flexibility index (Phi) is 5.14. The second kappa shape index (κ2) is 6.47. The van der Waals surface area contributed by atoms with Crippen LogP contribution in [0.4, 0.5) is 17.1 Å². The molecule has 0 bridgehead atoms. The largest absolute Gasteiger partial charge is 0.315 e. The van der Waals surface area contributed by atoms with Gasteiger partial charge in [0.2, 0.25) is 5.91 Å². The van der Waals surface area contributed by atoms with E-state index in [1.807, 2.05) is 0 Å². The molecule has 0 unspecified atom stereocenters. The summed E-state index contributed by atoms with van der Waals surface area (Å²) in [5.41, 5.74) is -2.32. The average molecular weight is 331 g/mol. The number of carbonyl (C=O) groups is 1. The highest BCUT2D eigenvalue weighted by Gasteiger charge is 2.30. The predicted molar refractivity (Wildman–Crippen MR) is 76.4 cm³/mol. The summed E-state index contributed by atoms with van der Waals surface area (Å²) in [5, 5.41) is 24.2. The van der Waals surface area contributed by atoms with Crippen molar-refractivity contribution in [1.29, 1.82) is 0 Å². The Bertz CT molecular complexity index is 707. The number of carbonyl (C=O) groups excluding carboxylic acids is 1. The number of anilines is 1. The monoisotopic (exact) mass is 331 g/mol. The predicted octanol–water partition coefficient (Wildman–Crippen LogP) is 1.65. The molecule has 0 aliphatic heterocycles. The lowest BCUT2D eigenvalue weighted by Gasteiger charge is -2.08. The number of nitro benzene ring substituents is 2. The number of sulfone groups is 1. The van der Waals surface area contributed by atoms with Crippen LogP contribution < -0.4 is 5.32 Å². The van der Waals surface area contributed by atoms with Crippen LogP contribution >= 0.6 is 0 Å². The number of benzene rings is 1. The standard InChI is InChI=1S/C11H13N3O7S/c1-3-4-10(15)12-11-8(13(16)17)5-7(22(2,20)21)6-9(11)14(18)19/h5-6H,3-4H2,1-2H3,(H,12,15). The molecule has 1 aromatic carbocycles. The van der Waals surface area contributed by atoms with Crippen LogP contribution in [-0.2, 0) is 14.6 Å². The summed E-state index contributed by atoms with van der Waals surface area (Å²) >= 11 is 0. The smallest absolute Gasteiger partial charge is 0.301 e. The molecule has 0 aliphatic carbocycles. The van der Waals surface area contributed by atoms with Crippen molar-refractivity contribution in [3.05, 3.63) is 32.4 Å². The Morgan fingerprint density at radius 2 is 1.64 bits per heavy atom. The minimum Gasteiger partial charge on any atom is -0.315 e. The SMILES string of the molecule is CCCC(=O)Nc1c([N+](=O)[O-])cc(S(C)(=O)=O)cc1[N+](=O)[O-]. The summed E-state index contributed by atoms with van der Waals surface area (Å²) in [6.07, 6.45) is 1.22. The van der Waals surface area contributed by atoms with E-state index in [1.54, 1.807) is 6.92 Å². The first-order chi connectivity index (χ1) is 10.1. The molecule has 0 aromatic heterocycles. The lowest BCUT2D eigenvalue weighted by molar-refractivity contribution is -0.392. The molecule has 120 valence electrons. The number of rotatable bonds is 6. The Balaban J connectivity index is 3.61. The Morgan fingerprint density at radius 1 is 1.18 bits per heavy atom. The van der Waals surface area contributed by atoms with E-state index < -0.39 is 47.5 Å². The first-order valence-corrected chi connectivity index (χ1v) is 7.93. The van der Waals surface area contributed by atoms with E-state index in [0.717, 1.165) is 6.26 Å². The van der Waals surface area contributed by atoms with Crippen molar-refractivity contribution >= 4 is 32.8 Å². The number of nitrogens with one attached hydrogen (secondary N) is 1. The van der Waals surface area contributed by atoms with E-state index in [0.29, 0.717) is 18.6 Å². The van der Waals surface area contributed by atoms with E-state index in [1.165, 1.54) is 0 Å². The van der Waals surface area contributed by atoms with Crippen molar-refractivity contribution < 1.29 is 23.1 Å². The number of amides is 1. The van der Waals surface area contributed by atoms with Gasteiger partial charge in [0.15, 0.2) is 15.5 Å². The first-order valence-electron chi connectivity index (χ1n) is 6.04. The van der Waals surface area contributed by atoms with Gasteiger partial charge >= 0.3 is 11.4 Å². The summed E-state index contributed by atoms with van der Waals surface area (Å²) < 4.78 is 23.0. The number of hydrogen-bond acceptors (Lipinski definition) is 7. The molecular formula is C11H13N3O7S. The normalized spacial score (nSPS) is 11.0. The molecule has 0 aliphatic rings. The Hall–Kier alpha value is -2.56. The molecule has 22 heavy (non-hydrogen) atoms. The van der Waals surface area contributed by atoms with E-state index in [2.05, 4.69) is 5.32 Å². The molecule has 11 heteroatoms. The van der Waals surface area contributed by atoms with Gasteiger partial charge in [-0.15, -0.1) is 0 Å². The third kappa shape index (κ3) is 3.97. The van der Waals surface area contributed by atoms with Gasteiger partial charge < -0.3 is 5.32 Å². The van der Waals surface area contributed by atoms with Crippen LogP contribution in [0.3, 0.4) is 0 Å². The molecule has 0 saturated heterocycles. The van der Waals surface area contributed by atoms with Gasteiger partial charge in [0.25, 0.3) is 0 Å². The van der Waals surface area contributed by atoms with E-state index >= 15 is 0 Å². The van der Waals surface area contributed by atoms with Crippen molar-refractivity contribution in [2.24, 2.45) is 0 Å². The number of nitrogens with zero attached hydrogens (tertiary/aromatic N) is 2. The zero-order chi connectivity index (χ0) is 17.1. The molecule has 0 spiro atoms. The first kappa shape index (κ1) is 17.5. The van der Waals surface area contributed by atoms with Gasteiger partial charge in [0.1, 0.15) is 0 Å². The second-order valence-corrected chi connectivity index (χ2v) is 6.44. The van der Waals surface area contributed by atoms with E-state index in [9.17, 15) is 33.4 Å². The van der Waals surface area contributed by atoms with Crippen molar-refractivity contribution in [1.82, 2.24) is 0 Å². The zero-order valence-corrected chi connectivity index (χ0v) is 12.5. The van der Waals surface area contributed by atoms with Gasteiger partial charge in [-0.25, -0.2) is 8.42 Å². The Morgan fingerprint density at radius 3 is 1.95 bits per heavy atom. The molecule has 0 fully saturated rings. The maximum atomic E-state index is 11.6. The lowest BCUT2D eigenvalue weighted by Crippen LogP contribution is -2.14. The zero-order valence-electron chi connectivity index (χ0n) is 11.7. The lowest BCUT2D eigenvalue weighted by atomic mass is 10.2. The fourth-order valence-corrected chi connectivity index (χ4v) is 2.30. The fourth-order valence-electron chi connectivity index (χ4n) is 1.65. The van der Waals surface area contributed by atoms with Gasteiger partial charge in [-0.3, -0.25) is 25.0 Å². The molecule has 1 aromatic rings. The average Bonchev–Trinajstić information content (AvgIpc) is 2.36. The Labute approximate surface area is 125 Å². The summed E-state index contributed by atoms with van der Waals surface area (Å²) in [7, 11) is -3.89. The van der Waals surface area contributed by atoms with Crippen LogP contribution in [0.15, 0.2) is 17.0 Å². The van der Waals surface area contributed by atoms with Crippen LogP contribution in [0.5, 0.6) is 0 Å². The van der Waals surface area contributed by atoms with E-state index in [4.69, 9.17) is 0 Å². The minimum atomic E-state index is -3.89. The van der Waals surface area contributed by atoms with E-state index in [-0.39, 0.29) is 6.42 Å². The van der Waals surface area contributed by atoms with Crippen molar-refractivity contribution in [3.8, 4) is 0 Å². The van der Waals surface area contributed by atoms with Crippen LogP contribution in [0.2, 0.25) is 0 Å². The maximum Gasteiger partial charge on any atom is 0.301 e. The second-order valence-electron chi connectivity index (χ2n) is 4.42. The van der Waals surface area contributed by atoms with Gasteiger partial charge in [0, 0.05) is 24.8 Å². The van der Waals surface area contributed by atoms with Crippen LogP contribution in [0.1, 0.15) is 19.8 Å². The van der Waals surface area contributed by atoms with Crippen molar-refractivity contribution in [3.63, 3.8) is 0 Å². The molecule has 0 atom stereocenters. The highest BCUT2D eigenvalue weighted by atomic mass is 32.2. The molecule has 0 heterocycles. The highest BCUT2D eigenvalue weighted by molar-refractivity contribution is 7.90. The molecule has 1 amide bonds. The van der Waals surface area contributed by atoms with Crippen LogP contribution in [0, 0.1) is 20.2 Å². The van der Waals surface area contributed by atoms with Gasteiger partial charge in [0.05, 0.1) is 14.7 Å². The quantitative estimate of drug-likeness (QED) is 0.614. The molecule has 0 saturated carbocycles. The maximum absolute atomic E-state index is 11.6. The van der Waals surface area contributed by atoms with Crippen molar-refractivity contribution in [2.45, 2.75) is 24.7 Å².